The van der Waals surface area contributed by atoms with Crippen LogP contribution in [0, 0.1) is 0 Å². The molecule has 2 aliphatic rings. The minimum Gasteiger partial charge on any atom is -0.496 e. The normalized spacial score (nSPS) is 23.9. The highest BCUT2D eigenvalue weighted by Crippen LogP contribution is 2.30. The maximum atomic E-state index is 11.7. The molecule has 1 aromatic rings. The third-order valence-electron chi connectivity index (χ3n) is 5.59. The van der Waals surface area contributed by atoms with Gasteiger partial charge in [-0.3, -0.25) is 9.89 Å². The van der Waals surface area contributed by atoms with Gasteiger partial charge in [-0.25, -0.2) is 8.42 Å². The Morgan fingerprint density at radius 2 is 2.04 bits per heavy atom. The van der Waals surface area contributed by atoms with Gasteiger partial charge >= 0.3 is 0 Å². The first kappa shape index (κ1) is 20.9. The summed E-state index contributed by atoms with van der Waals surface area (Å²) < 4.78 is 29.0. The van der Waals surface area contributed by atoms with E-state index in [4.69, 9.17) is 4.74 Å². The summed E-state index contributed by atoms with van der Waals surface area (Å²) in [5.41, 5.74) is 1.17. The molecule has 0 bridgehead atoms. The molecule has 0 aromatic heterocycles. The third-order valence-corrected chi connectivity index (χ3v) is 7.36. The molecule has 2 aliphatic heterocycles. The Morgan fingerprint density at radius 1 is 1.29 bits per heavy atom. The van der Waals surface area contributed by atoms with E-state index >= 15 is 0 Å². The molecule has 0 saturated carbocycles. The molecule has 0 aliphatic carbocycles. The molecular weight excluding hydrogens is 376 g/mol. The smallest absolute Gasteiger partial charge is 0.191 e. The van der Waals surface area contributed by atoms with Crippen LogP contribution >= 0.6 is 0 Å². The second-order valence-electron chi connectivity index (χ2n) is 7.55. The van der Waals surface area contributed by atoms with Gasteiger partial charge in [0, 0.05) is 25.2 Å². The fraction of sp³-hybridized carbons (Fsp3) is 0.650. The van der Waals surface area contributed by atoms with Gasteiger partial charge in [0.15, 0.2) is 15.8 Å². The van der Waals surface area contributed by atoms with Gasteiger partial charge in [-0.1, -0.05) is 24.6 Å². The lowest BCUT2D eigenvalue weighted by Gasteiger charge is -2.36. The van der Waals surface area contributed by atoms with E-state index in [2.05, 4.69) is 26.6 Å². The summed E-state index contributed by atoms with van der Waals surface area (Å²) in [5, 5.41) is 6.69. The van der Waals surface area contributed by atoms with Crippen LogP contribution in [0.5, 0.6) is 5.75 Å². The van der Waals surface area contributed by atoms with Crippen molar-refractivity contribution >= 4 is 15.8 Å². The van der Waals surface area contributed by atoms with Crippen molar-refractivity contribution < 1.29 is 13.2 Å². The Kier molecular flexibility index (Phi) is 7.18. The summed E-state index contributed by atoms with van der Waals surface area (Å²) in [6.07, 6.45) is 4.32. The Labute approximate surface area is 168 Å². The fourth-order valence-electron chi connectivity index (χ4n) is 4.10. The second-order valence-corrected chi connectivity index (χ2v) is 9.78. The van der Waals surface area contributed by atoms with Crippen molar-refractivity contribution in [2.75, 3.05) is 45.3 Å². The fourth-order valence-corrected chi connectivity index (χ4v) is 5.77. The molecular formula is C20H32N4O3S. The molecule has 2 heterocycles. The molecule has 0 spiro atoms. The van der Waals surface area contributed by atoms with Gasteiger partial charge in [0.2, 0.25) is 0 Å². The van der Waals surface area contributed by atoms with Crippen molar-refractivity contribution in [3.63, 3.8) is 0 Å². The van der Waals surface area contributed by atoms with Crippen LogP contribution in [0.4, 0.5) is 0 Å². The van der Waals surface area contributed by atoms with Crippen molar-refractivity contribution in [1.82, 2.24) is 15.5 Å². The molecule has 7 nitrogen and oxygen atoms in total. The minimum atomic E-state index is -2.92. The Balaban J connectivity index is 1.70. The molecule has 28 heavy (non-hydrogen) atoms. The topological polar surface area (TPSA) is 83.0 Å². The number of para-hydroxylation sites is 1. The number of piperidine rings is 1. The average molecular weight is 409 g/mol. The molecule has 2 atom stereocenters. The highest BCUT2D eigenvalue weighted by atomic mass is 32.2. The van der Waals surface area contributed by atoms with Crippen LogP contribution < -0.4 is 15.4 Å². The SMILES string of the molecule is CN=C(NCC(c1ccccc1OC)N1CCCCC1)NC1CCS(=O)(=O)C1. The Bertz CT molecular complexity index is 775. The molecule has 3 rings (SSSR count). The summed E-state index contributed by atoms with van der Waals surface area (Å²) in [6, 6.07) is 8.26. The van der Waals surface area contributed by atoms with Crippen molar-refractivity contribution in [3.05, 3.63) is 29.8 Å². The van der Waals surface area contributed by atoms with Crippen molar-refractivity contribution in [1.29, 1.82) is 0 Å². The average Bonchev–Trinajstić information content (AvgIpc) is 3.06. The molecule has 0 radical (unpaired) electrons. The largest absolute Gasteiger partial charge is 0.496 e. The van der Waals surface area contributed by atoms with Crippen molar-refractivity contribution in [3.8, 4) is 5.75 Å². The third kappa shape index (κ3) is 5.38. The molecule has 156 valence electrons. The van der Waals surface area contributed by atoms with Gasteiger partial charge in [0.1, 0.15) is 5.75 Å². The highest BCUT2D eigenvalue weighted by Gasteiger charge is 2.29. The number of nitrogens with one attached hydrogen (secondary N) is 2. The van der Waals surface area contributed by atoms with Gasteiger partial charge in [-0.2, -0.15) is 0 Å². The van der Waals surface area contributed by atoms with E-state index in [9.17, 15) is 8.42 Å². The number of ether oxygens (including phenoxy) is 1. The summed E-state index contributed by atoms with van der Waals surface area (Å²) in [4.78, 5) is 6.80. The Morgan fingerprint density at radius 3 is 2.68 bits per heavy atom. The molecule has 0 amide bonds. The zero-order valence-electron chi connectivity index (χ0n) is 16.9. The summed E-state index contributed by atoms with van der Waals surface area (Å²) >= 11 is 0. The van der Waals surface area contributed by atoms with Gasteiger partial charge in [-0.15, -0.1) is 0 Å². The van der Waals surface area contributed by atoms with E-state index in [0.717, 1.165) is 18.8 Å². The number of benzene rings is 1. The lowest BCUT2D eigenvalue weighted by Crippen LogP contribution is -2.47. The number of rotatable bonds is 6. The molecule has 2 saturated heterocycles. The van der Waals surface area contributed by atoms with E-state index < -0.39 is 9.84 Å². The molecule has 2 N–H and O–H groups in total. The second kappa shape index (κ2) is 9.60. The number of methoxy groups -OCH3 is 1. The maximum Gasteiger partial charge on any atom is 0.191 e. The van der Waals surface area contributed by atoms with Crippen LogP contribution in [0.1, 0.15) is 37.3 Å². The number of hydrogen-bond acceptors (Lipinski definition) is 5. The first-order valence-corrected chi connectivity index (χ1v) is 11.9. The summed E-state index contributed by atoms with van der Waals surface area (Å²) in [7, 11) is 0.509. The van der Waals surface area contributed by atoms with Crippen LogP contribution in [-0.2, 0) is 9.84 Å². The van der Waals surface area contributed by atoms with Crippen LogP contribution in [0.15, 0.2) is 29.3 Å². The lowest BCUT2D eigenvalue weighted by molar-refractivity contribution is 0.161. The maximum absolute atomic E-state index is 11.7. The number of guanidine groups is 1. The lowest BCUT2D eigenvalue weighted by atomic mass is 10.0. The first-order valence-electron chi connectivity index (χ1n) is 10.1. The number of hydrogen-bond donors (Lipinski definition) is 2. The predicted molar refractivity (Wildman–Crippen MR) is 113 cm³/mol. The van der Waals surface area contributed by atoms with Crippen LogP contribution in [0.2, 0.25) is 0 Å². The number of nitrogens with zero attached hydrogens (tertiary/aromatic N) is 2. The molecule has 2 fully saturated rings. The van der Waals surface area contributed by atoms with Crippen molar-refractivity contribution in [2.24, 2.45) is 4.99 Å². The van der Waals surface area contributed by atoms with Gasteiger partial charge in [-0.05, 0) is 38.4 Å². The number of likely N-dealkylation sites (tertiary alicyclic amines) is 1. The molecule has 2 unspecified atom stereocenters. The van der Waals surface area contributed by atoms with E-state index in [1.165, 1.54) is 24.8 Å². The van der Waals surface area contributed by atoms with Crippen LogP contribution in [-0.4, -0.2) is 70.6 Å². The Hall–Kier alpha value is -1.80. The first-order chi connectivity index (χ1) is 13.5. The van der Waals surface area contributed by atoms with Crippen LogP contribution in [0.25, 0.3) is 0 Å². The zero-order valence-corrected chi connectivity index (χ0v) is 17.7. The molecule has 1 aromatic carbocycles. The molecule has 8 heteroatoms. The van der Waals surface area contributed by atoms with Crippen molar-refractivity contribution in [2.45, 2.75) is 37.8 Å². The summed E-state index contributed by atoms with van der Waals surface area (Å²) in [6.45, 7) is 2.81. The van der Waals surface area contributed by atoms with Gasteiger partial charge in [0.25, 0.3) is 0 Å². The standard InChI is InChI=1S/C20H32N4O3S/c1-21-20(23-16-10-13-28(25,26)15-16)22-14-18(24-11-6-3-7-12-24)17-8-4-5-9-19(17)27-2/h4-5,8-9,16,18H,3,6-7,10-15H2,1-2H3,(H2,21,22,23). The monoisotopic (exact) mass is 408 g/mol. The quantitative estimate of drug-likeness (QED) is 0.549. The van der Waals surface area contributed by atoms with E-state index in [-0.39, 0.29) is 23.6 Å². The summed E-state index contributed by atoms with van der Waals surface area (Å²) in [5.74, 6) is 1.97. The zero-order chi connectivity index (χ0) is 20.0. The number of aliphatic imine (C=N–C) groups is 1. The van der Waals surface area contributed by atoms with E-state index in [1.807, 2.05) is 18.2 Å². The number of sulfone groups is 1. The van der Waals surface area contributed by atoms with Gasteiger partial charge in [0.05, 0.1) is 24.7 Å². The van der Waals surface area contributed by atoms with Crippen LogP contribution in [0.3, 0.4) is 0 Å². The minimum absolute atomic E-state index is 0.0732. The van der Waals surface area contributed by atoms with E-state index in [0.29, 0.717) is 18.9 Å². The predicted octanol–water partition coefficient (Wildman–Crippen LogP) is 1.57. The van der Waals surface area contributed by atoms with Gasteiger partial charge < -0.3 is 15.4 Å². The highest BCUT2D eigenvalue weighted by molar-refractivity contribution is 7.91. The van der Waals surface area contributed by atoms with E-state index in [1.54, 1.807) is 14.2 Å².